The molecule has 2 heteroatoms. The second-order valence-electron chi connectivity index (χ2n) is 3.59. The molecule has 0 atom stereocenters. The van der Waals surface area contributed by atoms with Crippen molar-refractivity contribution < 1.29 is 9.90 Å². The van der Waals surface area contributed by atoms with Gasteiger partial charge in [-0.3, -0.25) is 4.79 Å². The van der Waals surface area contributed by atoms with Crippen LogP contribution in [0.1, 0.15) is 39.0 Å². The molecule has 0 radical (unpaired) electrons. The molecular weight excluding hydrogens is 128 g/mol. The molecule has 0 aromatic carbocycles. The van der Waals surface area contributed by atoms with Crippen molar-refractivity contribution in [3.63, 3.8) is 0 Å². The molecule has 1 aliphatic carbocycles. The van der Waals surface area contributed by atoms with Crippen molar-refractivity contribution in [1.82, 2.24) is 0 Å². The molecule has 1 rings (SSSR count). The second kappa shape index (κ2) is 2.60. The zero-order chi connectivity index (χ0) is 7.61. The molecule has 0 unspecified atom stereocenters. The maximum atomic E-state index is 10.4. The van der Waals surface area contributed by atoms with Crippen LogP contribution in [0.5, 0.6) is 0 Å². The minimum absolute atomic E-state index is 0.117. The highest BCUT2D eigenvalue weighted by Crippen LogP contribution is 2.40. The van der Waals surface area contributed by atoms with Gasteiger partial charge in [0.1, 0.15) is 0 Å². The molecule has 10 heavy (non-hydrogen) atoms. The van der Waals surface area contributed by atoms with Crippen LogP contribution in [-0.2, 0) is 4.79 Å². The fraction of sp³-hybridized carbons (Fsp3) is 0.875. The molecule has 0 aromatic rings. The smallest absolute Gasteiger partial charge is 0.303 e. The molecule has 0 aliphatic heterocycles. The van der Waals surface area contributed by atoms with Crippen LogP contribution in [0.3, 0.4) is 0 Å². The number of rotatable bonds is 2. The number of aliphatic carboxylic acids is 1. The standard InChI is InChI=1S/C8H14O2/c1-8(6-7(9)10)4-2-3-5-8/h2-6H2,1H3,(H,9,10). The van der Waals surface area contributed by atoms with Crippen LogP contribution >= 0.6 is 0 Å². The molecular formula is C8H14O2. The van der Waals surface area contributed by atoms with Gasteiger partial charge < -0.3 is 5.11 Å². The van der Waals surface area contributed by atoms with Gasteiger partial charge in [0.2, 0.25) is 0 Å². The summed E-state index contributed by atoms with van der Waals surface area (Å²) in [7, 11) is 0. The van der Waals surface area contributed by atoms with E-state index in [0.717, 1.165) is 12.8 Å². The lowest BCUT2D eigenvalue weighted by molar-refractivity contribution is -0.139. The van der Waals surface area contributed by atoms with E-state index >= 15 is 0 Å². The lowest BCUT2D eigenvalue weighted by Gasteiger charge is -2.19. The van der Waals surface area contributed by atoms with Crippen LogP contribution in [0, 0.1) is 5.41 Å². The van der Waals surface area contributed by atoms with Gasteiger partial charge in [-0.2, -0.15) is 0 Å². The first kappa shape index (κ1) is 7.58. The fourth-order valence-electron chi connectivity index (χ4n) is 1.77. The van der Waals surface area contributed by atoms with Gasteiger partial charge in [0, 0.05) is 0 Å². The van der Waals surface area contributed by atoms with Gasteiger partial charge in [-0.15, -0.1) is 0 Å². The summed E-state index contributed by atoms with van der Waals surface area (Å²) >= 11 is 0. The quantitative estimate of drug-likeness (QED) is 0.640. The Bertz CT molecular complexity index is 134. The Balaban J connectivity index is 2.43. The second-order valence-corrected chi connectivity index (χ2v) is 3.59. The summed E-state index contributed by atoms with van der Waals surface area (Å²) in [5.74, 6) is -0.649. The minimum Gasteiger partial charge on any atom is -0.481 e. The Morgan fingerprint density at radius 2 is 2.00 bits per heavy atom. The van der Waals surface area contributed by atoms with E-state index in [9.17, 15) is 4.79 Å². The Hall–Kier alpha value is -0.530. The van der Waals surface area contributed by atoms with E-state index in [4.69, 9.17) is 5.11 Å². The van der Waals surface area contributed by atoms with Crippen molar-refractivity contribution in [2.24, 2.45) is 5.41 Å². The first-order valence-electron chi connectivity index (χ1n) is 3.84. The van der Waals surface area contributed by atoms with Gasteiger partial charge in [0.15, 0.2) is 0 Å². The lowest BCUT2D eigenvalue weighted by atomic mass is 9.85. The van der Waals surface area contributed by atoms with E-state index in [1.54, 1.807) is 0 Å². The van der Waals surface area contributed by atoms with Gasteiger partial charge in [-0.1, -0.05) is 19.8 Å². The van der Waals surface area contributed by atoms with E-state index in [2.05, 4.69) is 6.92 Å². The summed E-state index contributed by atoms with van der Waals surface area (Å²) in [4.78, 5) is 10.4. The van der Waals surface area contributed by atoms with Gasteiger partial charge in [-0.25, -0.2) is 0 Å². The van der Waals surface area contributed by atoms with Crippen LogP contribution in [0.15, 0.2) is 0 Å². The summed E-state index contributed by atoms with van der Waals surface area (Å²) in [6.45, 7) is 2.08. The molecule has 1 aliphatic rings. The highest BCUT2D eigenvalue weighted by Gasteiger charge is 2.30. The van der Waals surface area contributed by atoms with Crippen molar-refractivity contribution in [3.8, 4) is 0 Å². The van der Waals surface area contributed by atoms with Crippen molar-refractivity contribution in [3.05, 3.63) is 0 Å². The molecule has 0 bridgehead atoms. The van der Waals surface area contributed by atoms with Crippen molar-refractivity contribution in [1.29, 1.82) is 0 Å². The number of hydrogen-bond acceptors (Lipinski definition) is 1. The zero-order valence-electron chi connectivity index (χ0n) is 6.39. The maximum Gasteiger partial charge on any atom is 0.303 e. The largest absolute Gasteiger partial charge is 0.481 e. The predicted octanol–water partition coefficient (Wildman–Crippen LogP) is 2.04. The fourth-order valence-corrected chi connectivity index (χ4v) is 1.77. The molecule has 0 aromatic heterocycles. The van der Waals surface area contributed by atoms with Gasteiger partial charge in [0.25, 0.3) is 0 Å². The lowest BCUT2D eigenvalue weighted by Crippen LogP contribution is -2.16. The van der Waals surface area contributed by atoms with Crippen LogP contribution in [0.4, 0.5) is 0 Å². The van der Waals surface area contributed by atoms with Crippen LogP contribution in [0.25, 0.3) is 0 Å². The van der Waals surface area contributed by atoms with Crippen LogP contribution in [0.2, 0.25) is 0 Å². The van der Waals surface area contributed by atoms with E-state index in [0.29, 0.717) is 6.42 Å². The predicted molar refractivity (Wildman–Crippen MR) is 38.8 cm³/mol. The molecule has 0 heterocycles. The van der Waals surface area contributed by atoms with Crippen molar-refractivity contribution >= 4 is 5.97 Å². The average molecular weight is 142 g/mol. The van der Waals surface area contributed by atoms with Crippen LogP contribution < -0.4 is 0 Å². The highest BCUT2D eigenvalue weighted by atomic mass is 16.4. The first-order chi connectivity index (χ1) is 4.62. The van der Waals surface area contributed by atoms with E-state index in [1.807, 2.05) is 0 Å². The normalized spacial score (nSPS) is 22.9. The van der Waals surface area contributed by atoms with Crippen LogP contribution in [-0.4, -0.2) is 11.1 Å². The molecule has 0 saturated heterocycles. The summed E-state index contributed by atoms with van der Waals surface area (Å²) < 4.78 is 0. The Labute approximate surface area is 61.2 Å². The van der Waals surface area contributed by atoms with E-state index in [-0.39, 0.29) is 5.41 Å². The Morgan fingerprint density at radius 1 is 1.50 bits per heavy atom. The monoisotopic (exact) mass is 142 g/mol. The molecule has 0 amide bonds. The molecule has 1 saturated carbocycles. The summed E-state index contributed by atoms with van der Waals surface area (Å²) in [6, 6.07) is 0. The number of hydrogen-bond donors (Lipinski definition) is 1. The topological polar surface area (TPSA) is 37.3 Å². The summed E-state index contributed by atoms with van der Waals surface area (Å²) in [5, 5.41) is 8.54. The number of carboxylic acid groups (broad SMARTS) is 1. The third-order valence-corrected chi connectivity index (χ3v) is 2.39. The molecule has 58 valence electrons. The maximum absolute atomic E-state index is 10.4. The molecule has 0 spiro atoms. The van der Waals surface area contributed by atoms with E-state index < -0.39 is 5.97 Å². The highest BCUT2D eigenvalue weighted by molar-refractivity contribution is 5.67. The third kappa shape index (κ3) is 1.72. The number of carboxylic acids is 1. The molecule has 2 nitrogen and oxygen atoms in total. The number of carbonyl (C=O) groups is 1. The van der Waals surface area contributed by atoms with Crippen molar-refractivity contribution in [2.75, 3.05) is 0 Å². The Morgan fingerprint density at radius 3 is 2.40 bits per heavy atom. The SMILES string of the molecule is CC1(CC(=O)O)CCCC1. The summed E-state index contributed by atoms with van der Waals surface area (Å²) in [6.07, 6.45) is 4.97. The minimum atomic E-state index is -0.649. The van der Waals surface area contributed by atoms with Gasteiger partial charge >= 0.3 is 5.97 Å². The summed E-state index contributed by atoms with van der Waals surface area (Å²) in [5.41, 5.74) is 0.117. The molecule has 1 N–H and O–H groups in total. The van der Waals surface area contributed by atoms with Gasteiger partial charge in [-0.05, 0) is 18.3 Å². The Kier molecular flexibility index (Phi) is 1.97. The zero-order valence-corrected chi connectivity index (χ0v) is 6.39. The van der Waals surface area contributed by atoms with Gasteiger partial charge in [0.05, 0.1) is 6.42 Å². The first-order valence-corrected chi connectivity index (χ1v) is 3.84. The average Bonchev–Trinajstić information content (AvgIpc) is 2.12. The van der Waals surface area contributed by atoms with E-state index in [1.165, 1.54) is 12.8 Å². The molecule has 1 fully saturated rings. The third-order valence-electron chi connectivity index (χ3n) is 2.39. The van der Waals surface area contributed by atoms with Crippen molar-refractivity contribution in [2.45, 2.75) is 39.0 Å².